The van der Waals surface area contributed by atoms with Gasteiger partial charge in [0.05, 0.1) is 12.0 Å². The summed E-state index contributed by atoms with van der Waals surface area (Å²) >= 11 is 1.95. The van der Waals surface area contributed by atoms with Gasteiger partial charge < -0.3 is 4.74 Å². The largest absolute Gasteiger partial charge is 0.362 e. The van der Waals surface area contributed by atoms with Crippen molar-refractivity contribution in [1.82, 2.24) is 0 Å². The highest BCUT2D eigenvalue weighted by atomic mass is 32.2. The van der Waals surface area contributed by atoms with Crippen LogP contribution in [0.4, 0.5) is 0 Å². The Hall–Kier alpha value is 0.0500. The summed E-state index contributed by atoms with van der Waals surface area (Å²) in [6, 6.07) is 0. The van der Waals surface area contributed by atoms with E-state index in [2.05, 4.69) is 12.2 Å². The van der Waals surface area contributed by atoms with Crippen LogP contribution in [-0.2, 0) is 4.74 Å². The molecule has 2 unspecified atom stereocenters. The van der Waals surface area contributed by atoms with Crippen molar-refractivity contribution in [3.8, 4) is 0 Å². The normalized spacial score (nSPS) is 40.9. The molecule has 0 aromatic rings. The third-order valence-corrected chi connectivity index (χ3v) is 3.06. The molecule has 0 spiro atoms. The van der Waals surface area contributed by atoms with Crippen LogP contribution in [0.25, 0.3) is 0 Å². The number of allylic oxidation sites excluding steroid dienone is 1. The first kappa shape index (κ1) is 5.81. The lowest BCUT2D eigenvalue weighted by Gasteiger charge is -2.16. The monoisotopic (exact) mass is 142 g/mol. The molecule has 0 amide bonds. The second-order valence-electron chi connectivity index (χ2n) is 2.46. The van der Waals surface area contributed by atoms with Crippen LogP contribution >= 0.6 is 11.8 Å². The van der Waals surface area contributed by atoms with Crippen LogP contribution in [0.15, 0.2) is 12.2 Å². The number of hydrogen-bond acceptors (Lipinski definition) is 2. The molecule has 0 bridgehead atoms. The lowest BCUT2D eigenvalue weighted by Crippen LogP contribution is -2.19. The third kappa shape index (κ3) is 1.01. The van der Waals surface area contributed by atoms with Gasteiger partial charge in [0, 0.05) is 5.25 Å². The van der Waals surface area contributed by atoms with Crippen LogP contribution in [0.2, 0.25) is 0 Å². The molecule has 0 saturated carbocycles. The van der Waals surface area contributed by atoms with Gasteiger partial charge in [-0.25, -0.2) is 0 Å². The fourth-order valence-corrected chi connectivity index (χ4v) is 2.40. The summed E-state index contributed by atoms with van der Waals surface area (Å²) in [6.07, 6.45) is 7.44. The summed E-state index contributed by atoms with van der Waals surface area (Å²) < 4.78 is 5.43. The molecule has 2 aliphatic rings. The standard InChI is InChI=1S/C7H10OS/c1-2-4-7-6(3-1)8-5-9-7/h1,3,6-7H,2,4-5H2. The number of fused-ring (bicyclic) bond motifs is 1. The Bertz CT molecular complexity index is 133. The first-order valence-corrected chi connectivity index (χ1v) is 4.41. The molecule has 2 atom stereocenters. The fourth-order valence-electron chi connectivity index (χ4n) is 1.33. The van der Waals surface area contributed by atoms with Crippen LogP contribution in [0.1, 0.15) is 12.8 Å². The zero-order chi connectivity index (χ0) is 6.10. The lowest BCUT2D eigenvalue weighted by atomic mass is 10.1. The van der Waals surface area contributed by atoms with E-state index in [1.807, 2.05) is 11.8 Å². The van der Waals surface area contributed by atoms with E-state index in [0.717, 1.165) is 11.2 Å². The second kappa shape index (κ2) is 2.35. The molecule has 1 nitrogen and oxygen atoms in total. The highest BCUT2D eigenvalue weighted by Gasteiger charge is 2.27. The summed E-state index contributed by atoms with van der Waals surface area (Å²) in [5.41, 5.74) is 0. The van der Waals surface area contributed by atoms with Crippen molar-refractivity contribution in [2.45, 2.75) is 24.2 Å². The first-order valence-electron chi connectivity index (χ1n) is 3.37. The molecule has 50 valence electrons. The van der Waals surface area contributed by atoms with Gasteiger partial charge in [-0.1, -0.05) is 12.2 Å². The van der Waals surface area contributed by atoms with E-state index < -0.39 is 0 Å². The molecule has 0 aromatic heterocycles. The average Bonchev–Trinajstić information content (AvgIpc) is 2.33. The average molecular weight is 142 g/mol. The van der Waals surface area contributed by atoms with Crippen LogP contribution < -0.4 is 0 Å². The van der Waals surface area contributed by atoms with Gasteiger partial charge in [0.2, 0.25) is 0 Å². The summed E-state index contributed by atoms with van der Waals surface area (Å²) in [7, 11) is 0. The third-order valence-electron chi connectivity index (χ3n) is 1.85. The topological polar surface area (TPSA) is 9.23 Å². The van der Waals surface area contributed by atoms with E-state index in [-0.39, 0.29) is 0 Å². The Morgan fingerprint density at radius 3 is 3.44 bits per heavy atom. The Balaban J connectivity index is 2.10. The van der Waals surface area contributed by atoms with Crippen molar-refractivity contribution in [2.75, 3.05) is 5.94 Å². The van der Waals surface area contributed by atoms with E-state index in [1.165, 1.54) is 12.8 Å². The highest BCUT2D eigenvalue weighted by Crippen LogP contribution is 2.32. The molecule has 9 heavy (non-hydrogen) atoms. The van der Waals surface area contributed by atoms with Crippen LogP contribution in [0.5, 0.6) is 0 Å². The van der Waals surface area contributed by atoms with Crippen LogP contribution in [0.3, 0.4) is 0 Å². The molecule has 1 fully saturated rings. The Kier molecular flexibility index (Phi) is 1.52. The van der Waals surface area contributed by atoms with Crippen molar-refractivity contribution >= 4 is 11.8 Å². The maximum atomic E-state index is 5.43. The van der Waals surface area contributed by atoms with Crippen LogP contribution in [0, 0.1) is 0 Å². The molecular weight excluding hydrogens is 132 g/mol. The Morgan fingerprint density at radius 1 is 1.56 bits per heavy atom. The minimum atomic E-state index is 0.448. The molecule has 0 aromatic carbocycles. The smallest absolute Gasteiger partial charge is 0.0933 e. The molecule has 0 radical (unpaired) electrons. The van der Waals surface area contributed by atoms with Gasteiger partial charge in [0.1, 0.15) is 0 Å². The summed E-state index contributed by atoms with van der Waals surface area (Å²) in [5.74, 6) is 0.902. The fraction of sp³-hybridized carbons (Fsp3) is 0.714. The van der Waals surface area contributed by atoms with Crippen LogP contribution in [-0.4, -0.2) is 17.3 Å². The molecule has 0 N–H and O–H groups in total. The molecule has 1 saturated heterocycles. The van der Waals surface area contributed by atoms with Gasteiger partial charge in [-0.2, -0.15) is 0 Å². The molecule has 2 rings (SSSR count). The van der Waals surface area contributed by atoms with Gasteiger partial charge in [0.25, 0.3) is 0 Å². The quantitative estimate of drug-likeness (QED) is 0.477. The van der Waals surface area contributed by atoms with Gasteiger partial charge in [0.15, 0.2) is 0 Å². The molecule has 1 heterocycles. The highest BCUT2D eigenvalue weighted by molar-refractivity contribution is 8.00. The van der Waals surface area contributed by atoms with Crippen molar-refractivity contribution in [3.05, 3.63) is 12.2 Å². The molecule has 1 aliphatic carbocycles. The predicted molar refractivity (Wildman–Crippen MR) is 39.5 cm³/mol. The van der Waals surface area contributed by atoms with Gasteiger partial charge in [-0.05, 0) is 12.8 Å². The maximum Gasteiger partial charge on any atom is 0.0933 e. The zero-order valence-corrected chi connectivity index (χ0v) is 6.06. The predicted octanol–water partition coefficient (Wildman–Crippen LogP) is 1.79. The van der Waals surface area contributed by atoms with E-state index in [1.54, 1.807) is 0 Å². The van der Waals surface area contributed by atoms with Crippen molar-refractivity contribution in [2.24, 2.45) is 0 Å². The Labute approximate surface area is 59.5 Å². The molecule has 2 heteroatoms. The van der Waals surface area contributed by atoms with Crippen molar-refractivity contribution in [3.63, 3.8) is 0 Å². The van der Waals surface area contributed by atoms with Gasteiger partial charge >= 0.3 is 0 Å². The summed E-state index contributed by atoms with van der Waals surface area (Å²) in [4.78, 5) is 0. The van der Waals surface area contributed by atoms with Gasteiger partial charge in [-0.3, -0.25) is 0 Å². The minimum Gasteiger partial charge on any atom is -0.362 e. The first-order chi connectivity index (χ1) is 4.47. The van der Waals surface area contributed by atoms with E-state index >= 15 is 0 Å². The van der Waals surface area contributed by atoms with E-state index in [0.29, 0.717) is 6.10 Å². The van der Waals surface area contributed by atoms with E-state index in [4.69, 9.17) is 4.74 Å². The minimum absolute atomic E-state index is 0.448. The lowest BCUT2D eigenvalue weighted by molar-refractivity contribution is 0.139. The summed E-state index contributed by atoms with van der Waals surface area (Å²) in [5, 5.41) is 0.773. The Morgan fingerprint density at radius 2 is 2.56 bits per heavy atom. The van der Waals surface area contributed by atoms with Crippen molar-refractivity contribution in [1.29, 1.82) is 0 Å². The van der Waals surface area contributed by atoms with Gasteiger partial charge in [-0.15, -0.1) is 11.8 Å². The summed E-state index contributed by atoms with van der Waals surface area (Å²) in [6.45, 7) is 0. The van der Waals surface area contributed by atoms with E-state index in [9.17, 15) is 0 Å². The zero-order valence-electron chi connectivity index (χ0n) is 5.25. The van der Waals surface area contributed by atoms with Crippen molar-refractivity contribution < 1.29 is 4.74 Å². The molecular formula is C7H10OS. The maximum absolute atomic E-state index is 5.43. The number of thioether (sulfide) groups is 1. The second-order valence-corrected chi connectivity index (χ2v) is 3.63. The SMILES string of the molecule is C1=CC2OCSC2CC1. The number of ether oxygens (including phenoxy) is 1. The molecule has 1 aliphatic heterocycles. The number of hydrogen-bond donors (Lipinski definition) is 0. The number of rotatable bonds is 0.